The van der Waals surface area contributed by atoms with Crippen LogP contribution in [0.25, 0.3) is 0 Å². The Bertz CT molecular complexity index is 599. The van der Waals surface area contributed by atoms with Gasteiger partial charge in [0.1, 0.15) is 0 Å². The number of rotatable bonds is 5. The van der Waals surface area contributed by atoms with E-state index < -0.39 is 0 Å². The number of aromatic nitrogens is 2. The van der Waals surface area contributed by atoms with E-state index in [-0.39, 0.29) is 6.03 Å². The quantitative estimate of drug-likeness (QED) is 0.864. The number of carbonyl (C=O) groups is 1. The molecule has 1 unspecified atom stereocenters. The second-order valence-electron chi connectivity index (χ2n) is 7.89. The smallest absolute Gasteiger partial charge is 0.317 e. The second-order valence-corrected chi connectivity index (χ2v) is 7.89. The van der Waals surface area contributed by atoms with Crippen molar-refractivity contribution in [2.75, 3.05) is 46.8 Å². The number of nitrogens with zero attached hydrogens (tertiary/aromatic N) is 5. The molecule has 1 atom stereocenters. The maximum Gasteiger partial charge on any atom is 0.317 e. The van der Waals surface area contributed by atoms with E-state index in [1.54, 1.807) is 19.0 Å². The summed E-state index contributed by atoms with van der Waals surface area (Å²) < 4.78 is 2.14. The molecule has 0 aromatic carbocycles. The normalized spacial score (nSPS) is 21.9. The summed E-state index contributed by atoms with van der Waals surface area (Å²) >= 11 is 0. The summed E-state index contributed by atoms with van der Waals surface area (Å²) in [7, 11) is 3.50. The first-order valence-electron chi connectivity index (χ1n) is 10.0. The van der Waals surface area contributed by atoms with Gasteiger partial charge in [-0.3, -0.25) is 9.58 Å². The molecule has 3 rings (SSSR count). The van der Waals surface area contributed by atoms with E-state index in [4.69, 9.17) is 5.10 Å². The van der Waals surface area contributed by atoms with Gasteiger partial charge in [0.05, 0.1) is 17.9 Å². The number of aryl methyl sites for hydroxylation is 1. The first-order valence-corrected chi connectivity index (χ1v) is 10.0. The fourth-order valence-electron chi connectivity index (χ4n) is 4.11. The lowest BCUT2D eigenvalue weighted by atomic mass is 9.97. The molecule has 1 N–H and O–H groups in total. The van der Waals surface area contributed by atoms with Crippen molar-refractivity contribution in [3.8, 4) is 0 Å². The Morgan fingerprint density at radius 3 is 2.85 bits per heavy atom. The third-order valence-electron chi connectivity index (χ3n) is 5.54. The summed E-state index contributed by atoms with van der Waals surface area (Å²) in [6.45, 7) is 10.7. The van der Waals surface area contributed by atoms with E-state index in [2.05, 4.69) is 32.8 Å². The molecule has 7 heteroatoms. The van der Waals surface area contributed by atoms with E-state index in [0.29, 0.717) is 6.54 Å². The molecule has 2 aliphatic heterocycles. The summed E-state index contributed by atoms with van der Waals surface area (Å²) in [6, 6.07) is 2.08. The summed E-state index contributed by atoms with van der Waals surface area (Å²) in [5.74, 6) is 0.789. The van der Waals surface area contributed by atoms with Crippen LogP contribution in [0.5, 0.6) is 0 Å². The molecule has 0 saturated carbocycles. The van der Waals surface area contributed by atoms with Gasteiger partial charge in [0, 0.05) is 46.8 Å². The monoisotopic (exact) mass is 362 g/mol. The van der Waals surface area contributed by atoms with Gasteiger partial charge < -0.3 is 15.1 Å². The minimum absolute atomic E-state index is 0.0763. The zero-order valence-electron chi connectivity index (χ0n) is 16.6. The molecular weight excluding hydrogens is 328 g/mol. The highest BCUT2D eigenvalue weighted by molar-refractivity contribution is 5.73. The number of hydrogen-bond acceptors (Lipinski definition) is 4. The summed E-state index contributed by atoms with van der Waals surface area (Å²) in [4.78, 5) is 18.4. The molecule has 2 aliphatic rings. The highest BCUT2D eigenvalue weighted by Crippen LogP contribution is 2.20. The third kappa shape index (κ3) is 4.98. The van der Waals surface area contributed by atoms with Crippen molar-refractivity contribution in [1.29, 1.82) is 0 Å². The Morgan fingerprint density at radius 2 is 2.08 bits per heavy atom. The van der Waals surface area contributed by atoms with Crippen molar-refractivity contribution in [3.63, 3.8) is 0 Å². The molecule has 0 spiro atoms. The predicted octanol–water partition coefficient (Wildman–Crippen LogP) is 1.59. The average Bonchev–Trinajstić information content (AvgIpc) is 2.91. The topological polar surface area (TPSA) is 56.6 Å². The molecule has 0 bridgehead atoms. The van der Waals surface area contributed by atoms with Crippen molar-refractivity contribution < 1.29 is 4.79 Å². The van der Waals surface area contributed by atoms with Crippen LogP contribution in [0.15, 0.2) is 6.07 Å². The van der Waals surface area contributed by atoms with Crippen LogP contribution in [-0.4, -0.2) is 77.3 Å². The molecule has 146 valence electrons. The van der Waals surface area contributed by atoms with Gasteiger partial charge in [-0.05, 0) is 44.3 Å². The maximum absolute atomic E-state index is 11.7. The van der Waals surface area contributed by atoms with Crippen molar-refractivity contribution in [2.45, 2.75) is 45.8 Å². The van der Waals surface area contributed by atoms with Gasteiger partial charge >= 0.3 is 6.03 Å². The van der Waals surface area contributed by atoms with Crippen molar-refractivity contribution in [1.82, 2.24) is 29.8 Å². The second kappa shape index (κ2) is 8.86. The van der Waals surface area contributed by atoms with Gasteiger partial charge in [-0.1, -0.05) is 6.92 Å². The summed E-state index contributed by atoms with van der Waals surface area (Å²) in [6.07, 6.45) is 3.83. The van der Waals surface area contributed by atoms with Gasteiger partial charge in [0.25, 0.3) is 0 Å². The lowest BCUT2D eigenvalue weighted by Gasteiger charge is -2.34. The van der Waals surface area contributed by atoms with Crippen LogP contribution in [0.4, 0.5) is 4.79 Å². The predicted molar refractivity (Wildman–Crippen MR) is 103 cm³/mol. The minimum atomic E-state index is -0.0763. The number of hydrogen-bond donors (Lipinski definition) is 1. The fourth-order valence-corrected chi connectivity index (χ4v) is 4.11. The molecule has 26 heavy (non-hydrogen) atoms. The SMILES string of the molecule is CCN1CCCC(CN2CCCn3nc(CNC(=O)N(C)C)cc3C2)C1. The van der Waals surface area contributed by atoms with Crippen LogP contribution in [0.2, 0.25) is 0 Å². The largest absolute Gasteiger partial charge is 0.332 e. The lowest BCUT2D eigenvalue weighted by Crippen LogP contribution is -2.40. The van der Waals surface area contributed by atoms with E-state index in [0.717, 1.165) is 37.7 Å². The highest BCUT2D eigenvalue weighted by atomic mass is 16.2. The fraction of sp³-hybridized carbons (Fsp3) is 0.789. The van der Waals surface area contributed by atoms with Crippen LogP contribution in [0.3, 0.4) is 0 Å². The van der Waals surface area contributed by atoms with Crippen LogP contribution >= 0.6 is 0 Å². The van der Waals surface area contributed by atoms with E-state index in [1.807, 2.05) is 0 Å². The third-order valence-corrected chi connectivity index (χ3v) is 5.54. The molecule has 0 aliphatic carbocycles. The summed E-state index contributed by atoms with van der Waals surface area (Å²) in [5, 5.41) is 7.60. The molecule has 1 fully saturated rings. The van der Waals surface area contributed by atoms with E-state index in [1.165, 1.54) is 44.7 Å². The molecule has 0 radical (unpaired) electrons. The Hall–Kier alpha value is -1.60. The van der Waals surface area contributed by atoms with Crippen LogP contribution in [0, 0.1) is 5.92 Å². The Balaban J connectivity index is 1.56. The number of carbonyl (C=O) groups excluding carboxylic acids is 1. The van der Waals surface area contributed by atoms with E-state index >= 15 is 0 Å². The number of piperidine rings is 1. The number of likely N-dealkylation sites (tertiary alicyclic amines) is 1. The van der Waals surface area contributed by atoms with Crippen molar-refractivity contribution in [3.05, 3.63) is 17.5 Å². The molecule has 7 nitrogen and oxygen atoms in total. The van der Waals surface area contributed by atoms with Crippen LogP contribution in [0.1, 0.15) is 37.6 Å². The van der Waals surface area contributed by atoms with Crippen LogP contribution < -0.4 is 5.32 Å². The number of urea groups is 1. The first kappa shape index (κ1) is 19.2. The minimum Gasteiger partial charge on any atom is -0.332 e. The Kier molecular flexibility index (Phi) is 6.53. The molecule has 1 saturated heterocycles. The molecule has 1 aromatic rings. The Morgan fingerprint density at radius 1 is 1.27 bits per heavy atom. The molecule has 1 aromatic heterocycles. The standard InChI is InChI=1S/C19H34N6O/c1-4-23-8-5-7-16(13-23)14-24-9-6-10-25-18(15-24)11-17(21-25)12-20-19(26)22(2)3/h11,16H,4-10,12-15H2,1-3H3,(H,20,26). The molecule has 3 heterocycles. The van der Waals surface area contributed by atoms with Gasteiger partial charge in [0.2, 0.25) is 0 Å². The van der Waals surface area contributed by atoms with Gasteiger partial charge in [-0.2, -0.15) is 5.10 Å². The zero-order chi connectivity index (χ0) is 18.5. The number of amides is 2. The molecular formula is C19H34N6O. The lowest BCUT2D eigenvalue weighted by molar-refractivity contribution is 0.134. The molecule has 2 amide bonds. The van der Waals surface area contributed by atoms with Gasteiger partial charge in [-0.25, -0.2) is 4.79 Å². The van der Waals surface area contributed by atoms with Gasteiger partial charge in [-0.15, -0.1) is 0 Å². The van der Waals surface area contributed by atoms with E-state index in [9.17, 15) is 4.79 Å². The van der Waals surface area contributed by atoms with Crippen LogP contribution in [-0.2, 0) is 19.6 Å². The zero-order valence-corrected chi connectivity index (χ0v) is 16.6. The average molecular weight is 363 g/mol. The first-order chi connectivity index (χ1) is 12.5. The Labute approximate surface area is 157 Å². The maximum atomic E-state index is 11.7. The summed E-state index contributed by atoms with van der Waals surface area (Å²) in [5.41, 5.74) is 2.23. The van der Waals surface area contributed by atoms with Crippen molar-refractivity contribution >= 4 is 6.03 Å². The highest BCUT2D eigenvalue weighted by Gasteiger charge is 2.23. The van der Waals surface area contributed by atoms with Crippen molar-refractivity contribution in [2.24, 2.45) is 5.92 Å². The number of fused-ring (bicyclic) bond motifs is 1. The number of nitrogens with one attached hydrogen (secondary N) is 1. The van der Waals surface area contributed by atoms with Gasteiger partial charge in [0.15, 0.2) is 0 Å².